The van der Waals surface area contributed by atoms with Crippen LogP contribution in [0, 0.1) is 10.1 Å². The standard InChI is InChI=1S/C16H8F3NO6/c17-16(18,19)15-14(25-10-4-1-8(2-5-10)20(23)24)13(22)11-6-3-9(21)7-12(11)26-15/h1-7,21H. The van der Waals surface area contributed by atoms with Crippen LogP contribution >= 0.6 is 0 Å². The Morgan fingerprint density at radius 3 is 2.35 bits per heavy atom. The molecule has 3 rings (SSSR count). The van der Waals surface area contributed by atoms with Crippen LogP contribution in [-0.2, 0) is 6.18 Å². The van der Waals surface area contributed by atoms with E-state index in [9.17, 15) is 33.2 Å². The molecule has 1 heterocycles. The van der Waals surface area contributed by atoms with Crippen LogP contribution in [0.2, 0.25) is 0 Å². The van der Waals surface area contributed by atoms with Crippen molar-refractivity contribution in [3.8, 4) is 17.2 Å². The molecule has 7 nitrogen and oxygen atoms in total. The van der Waals surface area contributed by atoms with Crippen LogP contribution in [0.15, 0.2) is 51.7 Å². The number of nitro benzene ring substituents is 1. The lowest BCUT2D eigenvalue weighted by Gasteiger charge is -2.13. The molecule has 1 aromatic heterocycles. The largest absolute Gasteiger partial charge is 0.508 e. The number of non-ortho nitro benzene ring substituents is 1. The van der Waals surface area contributed by atoms with Gasteiger partial charge in [-0.05, 0) is 24.3 Å². The summed E-state index contributed by atoms with van der Waals surface area (Å²) in [4.78, 5) is 22.3. The average Bonchev–Trinajstić information content (AvgIpc) is 2.56. The summed E-state index contributed by atoms with van der Waals surface area (Å²) < 4.78 is 49.6. The number of benzene rings is 2. The van der Waals surface area contributed by atoms with E-state index in [0.717, 1.165) is 42.5 Å². The molecule has 0 bridgehead atoms. The van der Waals surface area contributed by atoms with E-state index in [2.05, 4.69) is 0 Å². The molecule has 10 heteroatoms. The maximum absolute atomic E-state index is 13.3. The number of rotatable bonds is 3. The summed E-state index contributed by atoms with van der Waals surface area (Å²) >= 11 is 0. The lowest BCUT2D eigenvalue weighted by Crippen LogP contribution is -2.15. The minimum atomic E-state index is -5.05. The maximum atomic E-state index is 13.3. The van der Waals surface area contributed by atoms with E-state index < -0.39 is 33.6 Å². The van der Waals surface area contributed by atoms with E-state index in [-0.39, 0.29) is 22.6 Å². The topological polar surface area (TPSA) is 103 Å². The van der Waals surface area contributed by atoms with E-state index in [0.29, 0.717) is 0 Å². The van der Waals surface area contributed by atoms with Crippen molar-refractivity contribution in [3.05, 3.63) is 68.6 Å². The molecule has 1 N–H and O–H groups in total. The number of hydrogen-bond acceptors (Lipinski definition) is 6. The van der Waals surface area contributed by atoms with Crippen LogP contribution in [0.5, 0.6) is 17.2 Å². The second-order valence-corrected chi connectivity index (χ2v) is 5.12. The first kappa shape index (κ1) is 17.3. The Bertz CT molecular complexity index is 1060. The predicted octanol–water partition coefficient (Wildman–Crippen LogP) is 4.22. The van der Waals surface area contributed by atoms with Gasteiger partial charge in [0, 0.05) is 18.2 Å². The number of alkyl halides is 3. The quantitative estimate of drug-likeness (QED) is 0.549. The van der Waals surface area contributed by atoms with E-state index in [1.54, 1.807) is 0 Å². The summed E-state index contributed by atoms with van der Waals surface area (Å²) in [6.07, 6.45) is -5.05. The predicted molar refractivity (Wildman–Crippen MR) is 82.3 cm³/mol. The SMILES string of the molecule is O=c1c(Oc2ccc([N+](=O)[O-])cc2)c(C(F)(F)F)oc2cc(O)ccc12. The van der Waals surface area contributed by atoms with Crippen LogP contribution in [0.1, 0.15) is 5.76 Å². The number of halogens is 3. The highest BCUT2D eigenvalue weighted by atomic mass is 19.4. The van der Waals surface area contributed by atoms with Gasteiger partial charge >= 0.3 is 6.18 Å². The number of aromatic hydroxyl groups is 1. The van der Waals surface area contributed by atoms with Crippen LogP contribution in [0.3, 0.4) is 0 Å². The maximum Gasteiger partial charge on any atom is 0.453 e. The second-order valence-electron chi connectivity index (χ2n) is 5.12. The van der Waals surface area contributed by atoms with Gasteiger partial charge in [-0.3, -0.25) is 14.9 Å². The first-order chi connectivity index (χ1) is 12.2. The van der Waals surface area contributed by atoms with Gasteiger partial charge in [-0.1, -0.05) is 0 Å². The van der Waals surface area contributed by atoms with Crippen molar-refractivity contribution < 1.29 is 32.4 Å². The summed E-state index contributed by atoms with van der Waals surface area (Å²) in [6, 6.07) is 7.23. The third-order valence-electron chi connectivity index (χ3n) is 3.36. The normalized spacial score (nSPS) is 11.5. The van der Waals surface area contributed by atoms with Gasteiger partial charge in [0.05, 0.1) is 10.3 Å². The minimum Gasteiger partial charge on any atom is -0.508 e. The van der Waals surface area contributed by atoms with Gasteiger partial charge in [0.2, 0.25) is 11.2 Å². The molecule has 0 atom stereocenters. The first-order valence-electron chi connectivity index (χ1n) is 6.96. The minimum absolute atomic E-state index is 0.216. The zero-order valence-electron chi connectivity index (χ0n) is 12.6. The van der Waals surface area contributed by atoms with E-state index in [1.165, 1.54) is 0 Å². The molecule has 0 saturated carbocycles. The summed E-state index contributed by atoms with van der Waals surface area (Å²) in [6.45, 7) is 0. The molecule has 2 aromatic carbocycles. The zero-order chi connectivity index (χ0) is 19.1. The van der Waals surface area contributed by atoms with Crippen LogP contribution in [-0.4, -0.2) is 10.0 Å². The summed E-state index contributed by atoms with van der Waals surface area (Å²) in [5.41, 5.74) is -1.86. The molecule has 0 saturated heterocycles. The van der Waals surface area contributed by atoms with Gasteiger partial charge in [0.1, 0.15) is 17.1 Å². The number of phenols is 1. The molecule has 0 unspecified atom stereocenters. The molecule has 0 fully saturated rings. The fraction of sp³-hybridized carbons (Fsp3) is 0.0625. The number of nitro groups is 1. The van der Waals surface area contributed by atoms with Crippen molar-refractivity contribution >= 4 is 16.7 Å². The molecular weight excluding hydrogens is 359 g/mol. The zero-order valence-corrected chi connectivity index (χ0v) is 12.6. The highest BCUT2D eigenvalue weighted by Crippen LogP contribution is 2.38. The van der Waals surface area contributed by atoms with E-state index in [1.807, 2.05) is 0 Å². The van der Waals surface area contributed by atoms with E-state index in [4.69, 9.17) is 9.15 Å². The summed E-state index contributed by atoms with van der Waals surface area (Å²) in [5.74, 6) is -3.38. The van der Waals surface area contributed by atoms with Crippen LogP contribution in [0.25, 0.3) is 11.0 Å². The Labute approximate surface area is 142 Å². The molecule has 3 aromatic rings. The molecule has 0 spiro atoms. The number of nitrogens with zero attached hydrogens (tertiary/aromatic N) is 1. The monoisotopic (exact) mass is 367 g/mol. The fourth-order valence-electron chi connectivity index (χ4n) is 2.20. The number of ether oxygens (including phenoxy) is 1. The smallest absolute Gasteiger partial charge is 0.453 e. The Balaban J connectivity index is 2.17. The molecule has 0 amide bonds. The van der Waals surface area contributed by atoms with Gasteiger partial charge in [0.25, 0.3) is 11.4 Å². The molecule has 0 aliphatic heterocycles. The van der Waals surface area contributed by atoms with Crippen molar-refractivity contribution in [2.45, 2.75) is 6.18 Å². The van der Waals surface area contributed by atoms with Crippen molar-refractivity contribution in [2.24, 2.45) is 0 Å². The Kier molecular flexibility index (Phi) is 4.03. The molecule has 26 heavy (non-hydrogen) atoms. The van der Waals surface area contributed by atoms with Gasteiger partial charge < -0.3 is 14.3 Å². The molecule has 134 valence electrons. The lowest BCUT2D eigenvalue weighted by atomic mass is 10.2. The van der Waals surface area contributed by atoms with Gasteiger partial charge in [-0.15, -0.1) is 0 Å². The summed E-state index contributed by atoms with van der Waals surface area (Å²) in [5, 5.41) is 19.7. The van der Waals surface area contributed by atoms with E-state index >= 15 is 0 Å². The highest BCUT2D eigenvalue weighted by molar-refractivity contribution is 5.79. The van der Waals surface area contributed by atoms with Crippen molar-refractivity contribution in [3.63, 3.8) is 0 Å². The average molecular weight is 367 g/mol. The molecule has 0 aliphatic carbocycles. The lowest BCUT2D eigenvalue weighted by molar-refractivity contribution is -0.384. The van der Waals surface area contributed by atoms with Gasteiger partial charge in [0.15, 0.2) is 0 Å². The first-order valence-corrected chi connectivity index (χ1v) is 6.96. The Morgan fingerprint density at radius 2 is 1.77 bits per heavy atom. The highest BCUT2D eigenvalue weighted by Gasteiger charge is 2.40. The van der Waals surface area contributed by atoms with Crippen LogP contribution in [0.4, 0.5) is 18.9 Å². The van der Waals surface area contributed by atoms with Gasteiger partial charge in [-0.25, -0.2) is 0 Å². The third kappa shape index (κ3) is 3.16. The number of hydrogen-bond donors (Lipinski definition) is 1. The molecular formula is C16H8F3NO6. The molecule has 0 aliphatic rings. The number of fused-ring (bicyclic) bond motifs is 1. The fourth-order valence-corrected chi connectivity index (χ4v) is 2.20. The number of phenolic OH excluding ortho intramolecular Hbond substituents is 1. The Morgan fingerprint density at radius 1 is 1.12 bits per heavy atom. The molecule has 0 radical (unpaired) electrons. The van der Waals surface area contributed by atoms with Crippen molar-refractivity contribution in [2.75, 3.05) is 0 Å². The van der Waals surface area contributed by atoms with Crippen molar-refractivity contribution in [1.29, 1.82) is 0 Å². The third-order valence-corrected chi connectivity index (χ3v) is 3.36. The van der Waals surface area contributed by atoms with Crippen molar-refractivity contribution in [1.82, 2.24) is 0 Å². The second kappa shape index (κ2) is 6.06. The van der Waals surface area contributed by atoms with Gasteiger partial charge in [-0.2, -0.15) is 13.2 Å². The van der Waals surface area contributed by atoms with Crippen LogP contribution < -0.4 is 10.2 Å². The Hall–Kier alpha value is -3.56. The summed E-state index contributed by atoms with van der Waals surface area (Å²) in [7, 11) is 0.